The molecule has 0 saturated heterocycles. The van der Waals surface area contributed by atoms with E-state index in [1.165, 1.54) is 0 Å². The molecular formula is C9H8BrF4N. The molecule has 84 valence electrons. The smallest absolute Gasteiger partial charge is 0.330 e. The van der Waals surface area contributed by atoms with Gasteiger partial charge < -0.3 is 5.73 Å². The summed E-state index contributed by atoms with van der Waals surface area (Å²) in [6, 6.07) is 3.06. The highest BCUT2D eigenvalue weighted by molar-refractivity contribution is 9.10. The first-order chi connectivity index (χ1) is 6.86. The summed E-state index contributed by atoms with van der Waals surface area (Å²) >= 11 is 2.89. The number of benzene rings is 1. The van der Waals surface area contributed by atoms with Crippen molar-refractivity contribution in [3.8, 4) is 0 Å². The highest BCUT2D eigenvalue weighted by atomic mass is 79.9. The van der Waals surface area contributed by atoms with Crippen LogP contribution in [0.3, 0.4) is 0 Å². The van der Waals surface area contributed by atoms with Crippen LogP contribution in [0.5, 0.6) is 0 Å². The van der Waals surface area contributed by atoms with Crippen molar-refractivity contribution in [1.82, 2.24) is 0 Å². The average Bonchev–Trinajstić information content (AvgIpc) is 2.07. The molecule has 1 rings (SSSR count). The quantitative estimate of drug-likeness (QED) is 0.830. The Balaban J connectivity index is 3.13. The summed E-state index contributed by atoms with van der Waals surface area (Å²) in [4.78, 5) is 0. The van der Waals surface area contributed by atoms with Crippen molar-refractivity contribution < 1.29 is 17.6 Å². The van der Waals surface area contributed by atoms with E-state index in [0.717, 1.165) is 18.2 Å². The second kappa shape index (κ2) is 4.49. The lowest BCUT2D eigenvalue weighted by molar-refractivity contribution is -0.148. The van der Waals surface area contributed by atoms with E-state index >= 15 is 0 Å². The zero-order chi connectivity index (χ0) is 11.6. The molecule has 1 unspecified atom stereocenters. The second-order valence-electron chi connectivity index (χ2n) is 3.00. The minimum absolute atomic E-state index is 0.0496. The van der Waals surface area contributed by atoms with Crippen LogP contribution in [0.15, 0.2) is 22.7 Å². The fourth-order valence-corrected chi connectivity index (χ4v) is 1.85. The maximum atomic E-state index is 12.7. The van der Waals surface area contributed by atoms with Crippen molar-refractivity contribution in [3.05, 3.63) is 34.1 Å². The maximum absolute atomic E-state index is 12.7. The largest absolute Gasteiger partial charge is 0.396 e. The molecule has 0 bridgehead atoms. The van der Waals surface area contributed by atoms with Crippen LogP contribution in [-0.2, 0) is 0 Å². The van der Waals surface area contributed by atoms with Gasteiger partial charge >= 0.3 is 6.18 Å². The molecule has 6 heteroatoms. The number of alkyl halides is 3. The lowest BCUT2D eigenvalue weighted by Crippen LogP contribution is -2.28. The highest BCUT2D eigenvalue weighted by Gasteiger charge is 2.40. The van der Waals surface area contributed by atoms with Crippen LogP contribution in [0.4, 0.5) is 17.6 Å². The number of halogens is 5. The molecule has 0 fully saturated rings. The highest BCUT2D eigenvalue weighted by Crippen LogP contribution is 2.37. The first-order valence-electron chi connectivity index (χ1n) is 4.08. The average molecular weight is 286 g/mol. The molecule has 0 saturated carbocycles. The monoisotopic (exact) mass is 285 g/mol. The molecule has 1 aromatic carbocycles. The summed E-state index contributed by atoms with van der Waals surface area (Å²) in [5, 5.41) is 0. The van der Waals surface area contributed by atoms with Crippen LogP contribution in [0.1, 0.15) is 11.5 Å². The predicted octanol–water partition coefficient (Wildman–Crippen LogP) is 3.19. The van der Waals surface area contributed by atoms with Crippen LogP contribution >= 0.6 is 15.9 Å². The predicted molar refractivity (Wildman–Crippen MR) is 52.0 cm³/mol. The molecule has 1 nitrogen and oxygen atoms in total. The van der Waals surface area contributed by atoms with Gasteiger partial charge in [0.25, 0.3) is 0 Å². The molecule has 0 aliphatic heterocycles. The van der Waals surface area contributed by atoms with Crippen LogP contribution in [0.25, 0.3) is 0 Å². The van der Waals surface area contributed by atoms with Gasteiger partial charge in [0.1, 0.15) is 5.82 Å². The van der Waals surface area contributed by atoms with Crippen LogP contribution in [0.2, 0.25) is 0 Å². The van der Waals surface area contributed by atoms with E-state index in [1.54, 1.807) is 0 Å². The number of hydrogen-bond donors (Lipinski definition) is 1. The molecule has 1 aromatic rings. The van der Waals surface area contributed by atoms with Crippen molar-refractivity contribution in [3.63, 3.8) is 0 Å². The molecular weight excluding hydrogens is 278 g/mol. The number of hydrogen-bond acceptors (Lipinski definition) is 1. The second-order valence-corrected chi connectivity index (χ2v) is 3.85. The molecule has 0 aliphatic rings. The number of nitrogens with two attached hydrogens (primary N) is 1. The van der Waals surface area contributed by atoms with Crippen molar-refractivity contribution in [1.29, 1.82) is 0 Å². The normalized spacial score (nSPS) is 14.0. The fraction of sp³-hybridized carbons (Fsp3) is 0.333. The van der Waals surface area contributed by atoms with Crippen LogP contribution in [0, 0.1) is 5.82 Å². The number of rotatable bonds is 2. The third-order valence-electron chi connectivity index (χ3n) is 1.97. The Morgan fingerprint density at radius 1 is 1.33 bits per heavy atom. The molecule has 0 spiro atoms. The molecule has 1 atom stereocenters. The Morgan fingerprint density at radius 2 is 1.93 bits per heavy atom. The summed E-state index contributed by atoms with van der Waals surface area (Å²) in [6.07, 6.45) is -4.42. The summed E-state index contributed by atoms with van der Waals surface area (Å²) in [5.41, 5.74) is 5.01. The summed E-state index contributed by atoms with van der Waals surface area (Å²) in [5.74, 6) is -2.36. The van der Waals surface area contributed by atoms with Crippen LogP contribution in [-0.4, -0.2) is 12.7 Å². The minimum atomic E-state index is -4.42. The van der Waals surface area contributed by atoms with Gasteiger partial charge in [0, 0.05) is 11.0 Å². The van der Waals surface area contributed by atoms with Crippen LogP contribution < -0.4 is 5.73 Å². The standard InChI is InChI=1S/C9H8BrF4N/c10-8-3-5(11)1-2-6(8)7(4-15)9(12,13)14/h1-3,7H,4,15H2. The van der Waals surface area contributed by atoms with E-state index in [4.69, 9.17) is 5.73 Å². The first kappa shape index (κ1) is 12.4. The lowest BCUT2D eigenvalue weighted by Gasteiger charge is -2.19. The summed E-state index contributed by atoms with van der Waals surface area (Å²) in [6.45, 7) is -0.562. The van der Waals surface area contributed by atoms with Gasteiger partial charge in [-0.25, -0.2) is 4.39 Å². The minimum Gasteiger partial charge on any atom is -0.330 e. The van der Waals surface area contributed by atoms with Crippen molar-refractivity contribution in [2.24, 2.45) is 5.73 Å². The Hall–Kier alpha value is -0.620. The van der Waals surface area contributed by atoms with Crippen molar-refractivity contribution in [2.75, 3.05) is 6.54 Å². The first-order valence-corrected chi connectivity index (χ1v) is 4.87. The summed E-state index contributed by atoms with van der Waals surface area (Å²) < 4.78 is 50.2. The van der Waals surface area contributed by atoms with Gasteiger partial charge in [-0.05, 0) is 17.7 Å². The Kier molecular flexibility index (Phi) is 3.72. The van der Waals surface area contributed by atoms with Gasteiger partial charge in [-0.1, -0.05) is 22.0 Å². The zero-order valence-corrected chi connectivity index (χ0v) is 9.07. The van der Waals surface area contributed by atoms with E-state index in [2.05, 4.69) is 15.9 Å². The van der Waals surface area contributed by atoms with Crippen molar-refractivity contribution >= 4 is 15.9 Å². The fourth-order valence-electron chi connectivity index (χ4n) is 1.22. The third kappa shape index (κ3) is 2.92. The Morgan fingerprint density at radius 3 is 2.33 bits per heavy atom. The Bertz CT molecular complexity index is 350. The van der Waals surface area contributed by atoms with Gasteiger partial charge in [0.05, 0.1) is 5.92 Å². The maximum Gasteiger partial charge on any atom is 0.396 e. The van der Waals surface area contributed by atoms with Gasteiger partial charge in [0.2, 0.25) is 0 Å². The van der Waals surface area contributed by atoms with E-state index < -0.39 is 24.5 Å². The molecule has 0 aromatic heterocycles. The topological polar surface area (TPSA) is 26.0 Å². The molecule has 0 heterocycles. The van der Waals surface area contributed by atoms with E-state index in [9.17, 15) is 17.6 Å². The molecule has 2 N–H and O–H groups in total. The van der Waals surface area contributed by atoms with Crippen molar-refractivity contribution in [2.45, 2.75) is 12.1 Å². The third-order valence-corrected chi connectivity index (χ3v) is 2.66. The SMILES string of the molecule is NCC(c1ccc(F)cc1Br)C(F)(F)F. The lowest BCUT2D eigenvalue weighted by atomic mass is 9.99. The van der Waals surface area contributed by atoms with E-state index in [-0.39, 0.29) is 10.0 Å². The van der Waals surface area contributed by atoms with E-state index in [0.29, 0.717) is 0 Å². The van der Waals surface area contributed by atoms with Gasteiger partial charge in [-0.3, -0.25) is 0 Å². The zero-order valence-electron chi connectivity index (χ0n) is 7.48. The molecule has 0 aliphatic carbocycles. The van der Waals surface area contributed by atoms with Gasteiger partial charge in [0.15, 0.2) is 0 Å². The van der Waals surface area contributed by atoms with Gasteiger partial charge in [-0.2, -0.15) is 13.2 Å². The molecule has 0 amide bonds. The molecule has 0 radical (unpaired) electrons. The summed E-state index contributed by atoms with van der Waals surface area (Å²) in [7, 11) is 0. The van der Waals surface area contributed by atoms with E-state index in [1.807, 2.05) is 0 Å². The molecule has 15 heavy (non-hydrogen) atoms. The Labute approximate surface area is 92.4 Å². The van der Waals surface area contributed by atoms with Gasteiger partial charge in [-0.15, -0.1) is 0 Å².